The van der Waals surface area contributed by atoms with Crippen molar-refractivity contribution in [1.29, 1.82) is 5.26 Å². The third-order valence-electron chi connectivity index (χ3n) is 4.43. The fourth-order valence-electron chi connectivity index (χ4n) is 3.01. The average molecular weight is 418 g/mol. The Morgan fingerprint density at radius 1 is 1.06 bits per heavy atom. The maximum absolute atomic E-state index is 12.3. The number of hydrogen-bond donors (Lipinski definition) is 0. The molecule has 0 atom stereocenters. The number of imide groups is 1. The summed E-state index contributed by atoms with van der Waals surface area (Å²) in [6, 6.07) is 14.5. The lowest BCUT2D eigenvalue weighted by atomic mass is 10.1. The Balaban J connectivity index is 1.62. The molecule has 8 nitrogen and oxygen atoms in total. The molecule has 0 spiro atoms. The molecule has 0 N–H and O–H groups in total. The summed E-state index contributed by atoms with van der Waals surface area (Å²) < 4.78 is 10.1. The van der Waals surface area contributed by atoms with Crippen LogP contribution in [0.3, 0.4) is 0 Å². The summed E-state index contributed by atoms with van der Waals surface area (Å²) in [5.41, 5.74) is 0.914. The number of nitriles is 1. The molecule has 2 amide bonds. The Morgan fingerprint density at radius 2 is 1.74 bits per heavy atom. The lowest BCUT2D eigenvalue weighted by molar-refractivity contribution is -0.138. The van der Waals surface area contributed by atoms with Gasteiger partial charge in [0, 0.05) is 6.54 Å². The number of rotatable bonds is 7. The molecule has 1 aliphatic rings. The van der Waals surface area contributed by atoms with Crippen LogP contribution in [0.25, 0.3) is 6.08 Å². The molecular formula is C23H18N2O6. The van der Waals surface area contributed by atoms with Crippen molar-refractivity contribution >= 4 is 29.8 Å². The van der Waals surface area contributed by atoms with Crippen molar-refractivity contribution in [3.63, 3.8) is 0 Å². The summed E-state index contributed by atoms with van der Waals surface area (Å²) in [5, 5.41) is 9.12. The second-order valence-electron chi connectivity index (χ2n) is 6.49. The highest BCUT2D eigenvalue weighted by molar-refractivity contribution is 6.21. The molecule has 0 bridgehead atoms. The van der Waals surface area contributed by atoms with Crippen molar-refractivity contribution < 1.29 is 28.7 Å². The fourth-order valence-corrected chi connectivity index (χ4v) is 3.01. The van der Waals surface area contributed by atoms with E-state index >= 15 is 0 Å². The van der Waals surface area contributed by atoms with Gasteiger partial charge in [0.15, 0.2) is 0 Å². The Bertz CT molecular complexity index is 1090. The summed E-state index contributed by atoms with van der Waals surface area (Å²) >= 11 is 0. The summed E-state index contributed by atoms with van der Waals surface area (Å²) in [7, 11) is 0. The van der Waals surface area contributed by atoms with E-state index in [2.05, 4.69) is 0 Å². The van der Waals surface area contributed by atoms with Gasteiger partial charge in [0.1, 0.15) is 17.4 Å². The zero-order valence-electron chi connectivity index (χ0n) is 16.7. The molecule has 1 heterocycles. The van der Waals surface area contributed by atoms with Gasteiger partial charge in [-0.05, 0) is 42.8 Å². The van der Waals surface area contributed by atoms with Gasteiger partial charge >= 0.3 is 11.9 Å². The minimum absolute atomic E-state index is 0.105. The van der Waals surface area contributed by atoms with Gasteiger partial charge < -0.3 is 9.47 Å². The fraction of sp³-hybridized carbons (Fsp3) is 0.174. The van der Waals surface area contributed by atoms with Crippen molar-refractivity contribution in [2.45, 2.75) is 13.3 Å². The van der Waals surface area contributed by atoms with E-state index in [1.165, 1.54) is 18.2 Å². The molecular weight excluding hydrogens is 400 g/mol. The molecule has 0 saturated carbocycles. The molecule has 31 heavy (non-hydrogen) atoms. The van der Waals surface area contributed by atoms with Crippen LogP contribution >= 0.6 is 0 Å². The molecule has 0 aromatic heterocycles. The molecule has 3 rings (SSSR count). The van der Waals surface area contributed by atoms with E-state index < -0.39 is 23.8 Å². The van der Waals surface area contributed by atoms with Crippen molar-refractivity contribution in [2.75, 3.05) is 13.2 Å². The van der Waals surface area contributed by atoms with E-state index in [1.54, 1.807) is 49.4 Å². The summed E-state index contributed by atoms with van der Waals surface area (Å²) in [5.74, 6) is -2.06. The molecule has 2 aromatic rings. The van der Waals surface area contributed by atoms with Gasteiger partial charge in [0.2, 0.25) is 0 Å². The second kappa shape index (κ2) is 9.50. The van der Waals surface area contributed by atoms with Gasteiger partial charge in [-0.15, -0.1) is 0 Å². The molecule has 0 fully saturated rings. The minimum Gasteiger partial charge on any atom is -0.462 e. The number of ether oxygens (including phenoxy) is 2. The van der Waals surface area contributed by atoms with Gasteiger partial charge in [-0.2, -0.15) is 5.26 Å². The van der Waals surface area contributed by atoms with Crippen molar-refractivity contribution in [3.05, 3.63) is 70.8 Å². The van der Waals surface area contributed by atoms with E-state index in [0.717, 1.165) is 4.90 Å². The molecule has 2 aromatic carbocycles. The Morgan fingerprint density at radius 3 is 2.35 bits per heavy atom. The lowest BCUT2D eigenvalue weighted by Crippen LogP contribution is -2.32. The number of hydrogen-bond acceptors (Lipinski definition) is 7. The lowest BCUT2D eigenvalue weighted by Gasteiger charge is -2.13. The number of carbonyl (C=O) groups excluding carboxylic acids is 4. The van der Waals surface area contributed by atoms with E-state index in [0.29, 0.717) is 16.7 Å². The topological polar surface area (TPSA) is 114 Å². The third kappa shape index (κ3) is 4.85. The quantitative estimate of drug-likeness (QED) is 0.223. The molecule has 0 saturated heterocycles. The first-order chi connectivity index (χ1) is 14.9. The standard InChI is InChI=1S/C23H18N2O6/c1-2-30-23(29)16(14-24)12-15-6-5-7-17(13-15)31-20(26)10-11-25-21(27)18-8-3-4-9-19(18)22(25)28/h3-9,12-13H,2,10-11H2,1H3/b16-12+. The Hall–Kier alpha value is -4.25. The van der Waals surface area contributed by atoms with Crippen molar-refractivity contribution in [3.8, 4) is 11.8 Å². The van der Waals surface area contributed by atoms with Crippen LogP contribution in [0.5, 0.6) is 5.75 Å². The molecule has 156 valence electrons. The second-order valence-corrected chi connectivity index (χ2v) is 6.49. The normalized spacial score (nSPS) is 12.9. The third-order valence-corrected chi connectivity index (χ3v) is 4.43. The van der Waals surface area contributed by atoms with Crippen LogP contribution in [-0.2, 0) is 14.3 Å². The molecule has 1 aliphatic heterocycles. The summed E-state index contributed by atoms with van der Waals surface area (Å²) in [4.78, 5) is 49.6. The maximum atomic E-state index is 12.3. The van der Waals surface area contributed by atoms with E-state index in [-0.39, 0.29) is 30.9 Å². The van der Waals surface area contributed by atoms with Crippen LogP contribution in [0.2, 0.25) is 0 Å². The van der Waals surface area contributed by atoms with Gasteiger partial charge in [0.05, 0.1) is 24.2 Å². The largest absolute Gasteiger partial charge is 0.462 e. The SMILES string of the molecule is CCOC(=O)/C(C#N)=C/c1cccc(OC(=O)CCN2C(=O)c3ccccc3C2=O)c1. The number of amides is 2. The summed E-state index contributed by atoms with van der Waals surface area (Å²) in [6.07, 6.45) is 1.14. The van der Waals surface area contributed by atoms with E-state index in [4.69, 9.17) is 14.7 Å². The minimum atomic E-state index is -0.742. The van der Waals surface area contributed by atoms with Gasteiger partial charge in [0.25, 0.3) is 11.8 Å². The van der Waals surface area contributed by atoms with E-state index in [9.17, 15) is 19.2 Å². The zero-order chi connectivity index (χ0) is 22.4. The van der Waals surface area contributed by atoms with Crippen LogP contribution in [0.4, 0.5) is 0 Å². The first-order valence-electron chi connectivity index (χ1n) is 9.49. The monoisotopic (exact) mass is 418 g/mol. The highest BCUT2D eigenvalue weighted by Crippen LogP contribution is 2.23. The first kappa shape index (κ1) is 21.5. The number of esters is 2. The van der Waals surface area contributed by atoms with Crippen molar-refractivity contribution in [1.82, 2.24) is 4.90 Å². The van der Waals surface area contributed by atoms with E-state index in [1.807, 2.05) is 0 Å². The van der Waals surface area contributed by atoms with Crippen LogP contribution in [0, 0.1) is 11.3 Å². The zero-order valence-corrected chi connectivity index (χ0v) is 16.7. The molecule has 0 radical (unpaired) electrons. The van der Waals surface area contributed by atoms with Gasteiger partial charge in [-0.25, -0.2) is 4.79 Å². The number of nitrogens with zero attached hydrogens (tertiary/aromatic N) is 2. The smallest absolute Gasteiger partial charge is 0.348 e. The Kier molecular flexibility index (Phi) is 6.58. The number of fused-ring (bicyclic) bond motifs is 1. The average Bonchev–Trinajstić information content (AvgIpc) is 3.01. The summed E-state index contributed by atoms with van der Waals surface area (Å²) in [6.45, 7) is 1.67. The van der Waals surface area contributed by atoms with Crippen LogP contribution < -0.4 is 4.74 Å². The highest BCUT2D eigenvalue weighted by Gasteiger charge is 2.35. The predicted molar refractivity (Wildman–Crippen MR) is 109 cm³/mol. The van der Waals surface area contributed by atoms with Gasteiger partial charge in [-0.3, -0.25) is 19.3 Å². The first-order valence-corrected chi connectivity index (χ1v) is 9.49. The Labute approximate surface area is 178 Å². The molecule has 0 aliphatic carbocycles. The van der Waals surface area contributed by atoms with Crippen LogP contribution in [-0.4, -0.2) is 41.8 Å². The molecule has 8 heteroatoms. The molecule has 0 unspecified atom stereocenters. The number of carbonyl (C=O) groups is 4. The van der Waals surface area contributed by atoms with Crippen molar-refractivity contribution in [2.24, 2.45) is 0 Å². The van der Waals surface area contributed by atoms with Crippen LogP contribution in [0.15, 0.2) is 54.1 Å². The maximum Gasteiger partial charge on any atom is 0.348 e. The van der Waals surface area contributed by atoms with Crippen LogP contribution in [0.1, 0.15) is 39.6 Å². The number of benzene rings is 2. The predicted octanol–water partition coefficient (Wildman–Crippen LogP) is 2.75. The van der Waals surface area contributed by atoms with Gasteiger partial charge in [-0.1, -0.05) is 24.3 Å². The highest BCUT2D eigenvalue weighted by atomic mass is 16.5.